The highest BCUT2D eigenvalue weighted by atomic mass is 16.5. The van der Waals surface area contributed by atoms with Crippen molar-refractivity contribution in [1.29, 1.82) is 0 Å². The van der Waals surface area contributed by atoms with E-state index < -0.39 is 0 Å². The molecule has 1 aromatic carbocycles. The van der Waals surface area contributed by atoms with Crippen molar-refractivity contribution in [3.05, 3.63) is 47.2 Å². The van der Waals surface area contributed by atoms with Crippen LogP contribution in [-0.2, 0) is 6.54 Å². The molecule has 2 aromatic rings. The Kier molecular flexibility index (Phi) is 6.34. The topological polar surface area (TPSA) is 84.7 Å². The standard InChI is InChI=1S/C21H27N3O4/c1-4-27-17-8-6-5-7-16(17)20(25)22-13-18-23-19(15(3)28-18)21(26)24-11-9-14(2)10-12-24/h5-8,14H,4,9-13H2,1-3H3,(H,22,25). The summed E-state index contributed by atoms with van der Waals surface area (Å²) in [4.78, 5) is 31.3. The summed E-state index contributed by atoms with van der Waals surface area (Å²) < 4.78 is 11.1. The van der Waals surface area contributed by atoms with Gasteiger partial charge in [-0.05, 0) is 44.7 Å². The van der Waals surface area contributed by atoms with E-state index in [1.807, 2.05) is 17.9 Å². The van der Waals surface area contributed by atoms with Crippen LogP contribution in [0.3, 0.4) is 0 Å². The number of carbonyl (C=O) groups is 2. The molecule has 7 heteroatoms. The number of hydrogen-bond donors (Lipinski definition) is 1. The lowest BCUT2D eigenvalue weighted by Gasteiger charge is -2.29. The Labute approximate surface area is 165 Å². The fourth-order valence-electron chi connectivity index (χ4n) is 3.27. The number of nitrogens with zero attached hydrogens (tertiary/aromatic N) is 2. The second kappa shape index (κ2) is 8.91. The van der Waals surface area contributed by atoms with E-state index in [4.69, 9.17) is 9.15 Å². The van der Waals surface area contributed by atoms with E-state index in [1.165, 1.54) is 0 Å². The summed E-state index contributed by atoms with van der Waals surface area (Å²) in [6.45, 7) is 7.86. The van der Waals surface area contributed by atoms with Crippen molar-refractivity contribution in [2.45, 2.75) is 40.2 Å². The maximum atomic E-state index is 12.7. The van der Waals surface area contributed by atoms with Gasteiger partial charge in [0, 0.05) is 13.1 Å². The largest absolute Gasteiger partial charge is 0.493 e. The lowest BCUT2D eigenvalue weighted by Crippen LogP contribution is -2.38. The molecular formula is C21H27N3O4. The molecule has 0 bridgehead atoms. The number of aromatic nitrogens is 1. The maximum Gasteiger partial charge on any atom is 0.276 e. The second-order valence-electron chi connectivity index (χ2n) is 7.10. The number of para-hydroxylation sites is 1. The minimum absolute atomic E-state index is 0.102. The van der Waals surface area contributed by atoms with Crippen LogP contribution in [0.25, 0.3) is 0 Å². The molecule has 0 spiro atoms. The van der Waals surface area contributed by atoms with Crippen molar-refractivity contribution in [2.24, 2.45) is 5.92 Å². The molecule has 1 aromatic heterocycles. The van der Waals surface area contributed by atoms with Crippen LogP contribution in [0, 0.1) is 12.8 Å². The highest BCUT2D eigenvalue weighted by molar-refractivity contribution is 5.97. The molecule has 28 heavy (non-hydrogen) atoms. The molecule has 3 rings (SSSR count). The van der Waals surface area contributed by atoms with Gasteiger partial charge in [0.1, 0.15) is 11.5 Å². The number of hydrogen-bond acceptors (Lipinski definition) is 5. The predicted octanol–water partition coefficient (Wildman–Crippen LogP) is 3.18. The molecule has 150 valence electrons. The zero-order valence-corrected chi connectivity index (χ0v) is 16.7. The van der Waals surface area contributed by atoms with E-state index in [0.29, 0.717) is 41.2 Å². The molecule has 0 unspecified atom stereocenters. The van der Waals surface area contributed by atoms with Crippen molar-refractivity contribution in [3.8, 4) is 5.75 Å². The van der Waals surface area contributed by atoms with Crippen molar-refractivity contribution in [1.82, 2.24) is 15.2 Å². The Bertz CT molecular complexity index is 838. The number of aryl methyl sites for hydroxylation is 1. The van der Waals surface area contributed by atoms with Crippen LogP contribution in [0.15, 0.2) is 28.7 Å². The number of rotatable bonds is 6. The minimum Gasteiger partial charge on any atom is -0.493 e. The maximum absolute atomic E-state index is 12.7. The van der Waals surface area contributed by atoms with Crippen LogP contribution in [0.5, 0.6) is 5.75 Å². The third-order valence-corrected chi connectivity index (χ3v) is 4.95. The first-order valence-electron chi connectivity index (χ1n) is 9.75. The van der Waals surface area contributed by atoms with Crippen molar-refractivity contribution >= 4 is 11.8 Å². The summed E-state index contributed by atoms with van der Waals surface area (Å²) in [5.74, 6) is 1.58. The summed E-state index contributed by atoms with van der Waals surface area (Å²) in [5, 5.41) is 2.78. The Morgan fingerprint density at radius 2 is 2.00 bits per heavy atom. The summed E-state index contributed by atoms with van der Waals surface area (Å²) >= 11 is 0. The second-order valence-corrected chi connectivity index (χ2v) is 7.10. The number of piperidine rings is 1. The van der Waals surface area contributed by atoms with Gasteiger partial charge in [0.05, 0.1) is 18.7 Å². The summed E-state index contributed by atoms with van der Waals surface area (Å²) in [7, 11) is 0. The number of amides is 2. The lowest BCUT2D eigenvalue weighted by atomic mass is 9.99. The van der Waals surface area contributed by atoms with Crippen LogP contribution >= 0.6 is 0 Å². The molecule has 0 atom stereocenters. The first-order valence-corrected chi connectivity index (χ1v) is 9.75. The molecule has 2 heterocycles. The average Bonchev–Trinajstić information content (AvgIpc) is 3.07. The highest BCUT2D eigenvalue weighted by Gasteiger charge is 2.26. The Balaban J connectivity index is 1.64. The molecule has 1 aliphatic rings. The van der Waals surface area contributed by atoms with E-state index >= 15 is 0 Å². The molecule has 0 saturated carbocycles. The molecule has 0 aliphatic carbocycles. The van der Waals surface area contributed by atoms with E-state index in [9.17, 15) is 9.59 Å². The first kappa shape index (κ1) is 19.9. The van der Waals surface area contributed by atoms with Gasteiger partial charge in [-0.2, -0.15) is 0 Å². The molecule has 7 nitrogen and oxygen atoms in total. The third-order valence-electron chi connectivity index (χ3n) is 4.95. The third kappa shape index (κ3) is 4.52. The molecule has 0 radical (unpaired) electrons. The van der Waals surface area contributed by atoms with Gasteiger partial charge in [0.2, 0.25) is 5.89 Å². The molecule has 1 saturated heterocycles. The fourth-order valence-corrected chi connectivity index (χ4v) is 3.27. The quantitative estimate of drug-likeness (QED) is 0.825. The number of carbonyl (C=O) groups excluding carboxylic acids is 2. The lowest BCUT2D eigenvalue weighted by molar-refractivity contribution is 0.0690. The predicted molar refractivity (Wildman–Crippen MR) is 104 cm³/mol. The zero-order chi connectivity index (χ0) is 20.1. The SMILES string of the molecule is CCOc1ccccc1C(=O)NCc1nc(C(=O)N2CCC(C)CC2)c(C)o1. The highest BCUT2D eigenvalue weighted by Crippen LogP contribution is 2.20. The number of benzene rings is 1. The number of likely N-dealkylation sites (tertiary alicyclic amines) is 1. The smallest absolute Gasteiger partial charge is 0.276 e. The van der Waals surface area contributed by atoms with Crippen LogP contribution in [0.2, 0.25) is 0 Å². The van der Waals surface area contributed by atoms with Gasteiger partial charge in [-0.1, -0.05) is 19.1 Å². The van der Waals surface area contributed by atoms with Gasteiger partial charge in [0.25, 0.3) is 11.8 Å². The Morgan fingerprint density at radius 1 is 1.29 bits per heavy atom. The van der Waals surface area contributed by atoms with Crippen molar-refractivity contribution < 1.29 is 18.7 Å². The Morgan fingerprint density at radius 3 is 2.71 bits per heavy atom. The number of nitrogens with one attached hydrogen (secondary N) is 1. The van der Waals surface area contributed by atoms with Gasteiger partial charge < -0.3 is 19.4 Å². The normalized spacial score (nSPS) is 14.8. The van der Waals surface area contributed by atoms with Crippen molar-refractivity contribution in [2.75, 3.05) is 19.7 Å². The first-order chi connectivity index (χ1) is 13.5. The van der Waals surface area contributed by atoms with Gasteiger partial charge in [-0.25, -0.2) is 4.98 Å². The molecule has 2 amide bonds. The summed E-state index contributed by atoms with van der Waals surface area (Å²) in [6.07, 6.45) is 2.01. The molecule has 1 fully saturated rings. The number of oxazole rings is 1. The minimum atomic E-state index is -0.280. The van der Waals surface area contributed by atoms with Crippen LogP contribution in [0.1, 0.15) is 59.2 Å². The van der Waals surface area contributed by atoms with E-state index in [-0.39, 0.29) is 18.4 Å². The van der Waals surface area contributed by atoms with Crippen LogP contribution < -0.4 is 10.1 Å². The average molecular weight is 385 g/mol. The van der Waals surface area contributed by atoms with Gasteiger partial charge in [-0.15, -0.1) is 0 Å². The van der Waals surface area contributed by atoms with Crippen molar-refractivity contribution in [3.63, 3.8) is 0 Å². The van der Waals surface area contributed by atoms with Crippen LogP contribution in [0.4, 0.5) is 0 Å². The monoisotopic (exact) mass is 385 g/mol. The molecule has 1 N–H and O–H groups in total. The van der Waals surface area contributed by atoms with E-state index in [2.05, 4.69) is 17.2 Å². The Hall–Kier alpha value is -2.83. The fraction of sp³-hybridized carbons (Fsp3) is 0.476. The molecular weight excluding hydrogens is 358 g/mol. The van der Waals surface area contributed by atoms with Gasteiger partial charge >= 0.3 is 0 Å². The van der Waals surface area contributed by atoms with Gasteiger partial charge in [-0.3, -0.25) is 9.59 Å². The zero-order valence-electron chi connectivity index (χ0n) is 16.7. The van der Waals surface area contributed by atoms with E-state index in [1.54, 1.807) is 25.1 Å². The van der Waals surface area contributed by atoms with Crippen LogP contribution in [-0.4, -0.2) is 41.4 Å². The molecule has 1 aliphatic heterocycles. The summed E-state index contributed by atoms with van der Waals surface area (Å²) in [5.41, 5.74) is 0.778. The number of ether oxygens (including phenoxy) is 1. The van der Waals surface area contributed by atoms with Gasteiger partial charge in [0.15, 0.2) is 5.69 Å². The summed E-state index contributed by atoms with van der Waals surface area (Å²) in [6, 6.07) is 7.05. The van der Waals surface area contributed by atoms with E-state index in [0.717, 1.165) is 25.9 Å².